The van der Waals surface area contributed by atoms with Crippen LogP contribution < -0.4 is 5.32 Å². The van der Waals surface area contributed by atoms with Crippen LogP contribution >= 0.6 is 11.6 Å². The number of anilines is 1. The standard InChI is InChI=1S/C10H7ClF3N3/c11-7-3-6(5-15)4-8(16-7)17-9(1-2-9)10(12,13)14/h3-4H,1-2H2,(H,16,17). The van der Waals surface area contributed by atoms with Crippen LogP contribution in [0.5, 0.6) is 0 Å². The summed E-state index contributed by atoms with van der Waals surface area (Å²) < 4.78 is 38.0. The van der Waals surface area contributed by atoms with Gasteiger partial charge in [-0.1, -0.05) is 11.6 Å². The third kappa shape index (κ3) is 2.29. The van der Waals surface area contributed by atoms with Crippen molar-refractivity contribution in [3.05, 3.63) is 22.8 Å². The molecule has 1 aromatic heterocycles. The first-order valence-electron chi connectivity index (χ1n) is 4.79. The molecule has 0 amide bonds. The molecule has 90 valence electrons. The van der Waals surface area contributed by atoms with E-state index >= 15 is 0 Å². The quantitative estimate of drug-likeness (QED) is 0.832. The highest BCUT2D eigenvalue weighted by Gasteiger charge is 2.63. The fourth-order valence-electron chi connectivity index (χ4n) is 1.47. The van der Waals surface area contributed by atoms with E-state index < -0.39 is 11.7 Å². The number of aromatic nitrogens is 1. The van der Waals surface area contributed by atoms with Gasteiger partial charge in [-0.25, -0.2) is 4.98 Å². The minimum Gasteiger partial charge on any atom is -0.356 e. The van der Waals surface area contributed by atoms with Gasteiger partial charge in [-0.05, 0) is 25.0 Å². The van der Waals surface area contributed by atoms with Gasteiger partial charge in [0.15, 0.2) is 0 Å². The maximum Gasteiger partial charge on any atom is 0.411 e. The zero-order chi connectivity index (χ0) is 12.7. The highest BCUT2D eigenvalue weighted by atomic mass is 35.5. The number of hydrogen-bond donors (Lipinski definition) is 1. The summed E-state index contributed by atoms with van der Waals surface area (Å²) in [6, 6.07) is 4.35. The first-order valence-corrected chi connectivity index (χ1v) is 5.17. The minimum absolute atomic E-state index is 0.00653. The molecule has 0 spiro atoms. The molecular formula is C10H7ClF3N3. The van der Waals surface area contributed by atoms with Crippen LogP contribution in [-0.4, -0.2) is 16.7 Å². The molecule has 1 heterocycles. The molecule has 0 bridgehead atoms. The second-order valence-electron chi connectivity index (χ2n) is 3.88. The summed E-state index contributed by atoms with van der Waals surface area (Å²) in [6.07, 6.45) is -4.32. The molecular weight excluding hydrogens is 255 g/mol. The van der Waals surface area contributed by atoms with E-state index in [4.69, 9.17) is 16.9 Å². The Labute approximate surface area is 100 Å². The molecule has 2 rings (SSSR count). The Morgan fingerprint density at radius 1 is 1.41 bits per heavy atom. The highest BCUT2D eigenvalue weighted by molar-refractivity contribution is 6.29. The van der Waals surface area contributed by atoms with E-state index in [2.05, 4.69) is 10.3 Å². The number of halogens is 4. The van der Waals surface area contributed by atoms with Crippen molar-refractivity contribution in [1.82, 2.24) is 4.98 Å². The van der Waals surface area contributed by atoms with Crippen molar-refractivity contribution >= 4 is 17.4 Å². The second-order valence-corrected chi connectivity index (χ2v) is 4.27. The van der Waals surface area contributed by atoms with Gasteiger partial charge in [0.2, 0.25) is 0 Å². The Hall–Kier alpha value is -1.48. The third-order valence-electron chi connectivity index (χ3n) is 2.58. The van der Waals surface area contributed by atoms with Gasteiger partial charge in [0.25, 0.3) is 0 Å². The Kier molecular flexibility index (Phi) is 2.66. The van der Waals surface area contributed by atoms with Crippen LogP contribution in [0.3, 0.4) is 0 Å². The van der Waals surface area contributed by atoms with Crippen molar-refractivity contribution in [3.63, 3.8) is 0 Å². The first-order chi connectivity index (χ1) is 7.86. The van der Waals surface area contributed by atoms with Crippen molar-refractivity contribution in [3.8, 4) is 6.07 Å². The summed E-state index contributed by atoms with van der Waals surface area (Å²) in [4.78, 5) is 3.72. The van der Waals surface area contributed by atoms with E-state index in [0.717, 1.165) is 0 Å². The molecule has 7 heteroatoms. The van der Waals surface area contributed by atoms with Crippen molar-refractivity contribution in [2.45, 2.75) is 24.6 Å². The monoisotopic (exact) mass is 261 g/mol. The number of nitriles is 1. The first kappa shape index (κ1) is 12.0. The zero-order valence-electron chi connectivity index (χ0n) is 8.48. The Morgan fingerprint density at radius 3 is 2.53 bits per heavy atom. The molecule has 0 unspecified atom stereocenters. The lowest BCUT2D eigenvalue weighted by atomic mass is 10.2. The summed E-state index contributed by atoms with van der Waals surface area (Å²) in [7, 11) is 0. The largest absolute Gasteiger partial charge is 0.411 e. The van der Waals surface area contributed by atoms with Crippen LogP contribution in [0.25, 0.3) is 0 Å². The molecule has 1 fully saturated rings. The van der Waals surface area contributed by atoms with Gasteiger partial charge < -0.3 is 5.32 Å². The van der Waals surface area contributed by atoms with E-state index in [1.807, 2.05) is 6.07 Å². The second kappa shape index (κ2) is 3.77. The predicted molar refractivity (Wildman–Crippen MR) is 55.6 cm³/mol. The molecule has 0 aromatic carbocycles. The average Bonchev–Trinajstić information content (AvgIpc) is 2.97. The molecule has 1 saturated carbocycles. The van der Waals surface area contributed by atoms with Gasteiger partial charge >= 0.3 is 6.18 Å². The van der Waals surface area contributed by atoms with Crippen LogP contribution in [0, 0.1) is 11.3 Å². The number of nitrogens with zero attached hydrogens (tertiary/aromatic N) is 2. The number of rotatable bonds is 2. The van der Waals surface area contributed by atoms with E-state index in [-0.39, 0.29) is 29.4 Å². The van der Waals surface area contributed by atoms with Gasteiger partial charge in [0.05, 0.1) is 11.6 Å². The molecule has 1 aliphatic carbocycles. The van der Waals surface area contributed by atoms with E-state index in [1.54, 1.807) is 0 Å². The molecule has 3 nitrogen and oxygen atoms in total. The smallest absolute Gasteiger partial charge is 0.356 e. The van der Waals surface area contributed by atoms with E-state index in [9.17, 15) is 13.2 Å². The average molecular weight is 262 g/mol. The molecule has 0 radical (unpaired) electrons. The van der Waals surface area contributed by atoms with Crippen molar-refractivity contribution in [2.75, 3.05) is 5.32 Å². The molecule has 1 N–H and O–H groups in total. The van der Waals surface area contributed by atoms with Gasteiger partial charge in [-0.15, -0.1) is 0 Å². The summed E-state index contributed by atoms with van der Waals surface area (Å²) in [6.45, 7) is 0. The van der Waals surface area contributed by atoms with Crippen LogP contribution in [0.1, 0.15) is 18.4 Å². The van der Waals surface area contributed by atoms with Crippen LogP contribution in [0.4, 0.5) is 19.0 Å². The number of pyridine rings is 1. The lowest BCUT2D eigenvalue weighted by Crippen LogP contribution is -2.38. The predicted octanol–water partition coefficient (Wildman–Crippen LogP) is 3.11. The topological polar surface area (TPSA) is 48.7 Å². The minimum atomic E-state index is -4.33. The van der Waals surface area contributed by atoms with Gasteiger partial charge in [-0.3, -0.25) is 0 Å². The van der Waals surface area contributed by atoms with Gasteiger partial charge in [0, 0.05) is 0 Å². The third-order valence-corrected chi connectivity index (χ3v) is 2.78. The SMILES string of the molecule is N#Cc1cc(Cl)nc(NC2(C(F)(F)F)CC2)c1. The summed E-state index contributed by atoms with van der Waals surface area (Å²) >= 11 is 5.61. The summed E-state index contributed by atoms with van der Waals surface area (Å²) in [5, 5.41) is 11.0. The summed E-state index contributed by atoms with van der Waals surface area (Å²) in [5.74, 6) is -0.0242. The Bertz CT molecular complexity index is 489. The molecule has 1 aromatic rings. The van der Waals surface area contributed by atoms with Crippen LogP contribution in [0.15, 0.2) is 12.1 Å². The lowest BCUT2D eigenvalue weighted by Gasteiger charge is -2.21. The normalized spacial score (nSPS) is 17.4. The molecule has 0 atom stereocenters. The number of hydrogen-bond acceptors (Lipinski definition) is 3. The highest BCUT2D eigenvalue weighted by Crippen LogP contribution is 2.51. The maximum absolute atomic E-state index is 12.7. The van der Waals surface area contributed by atoms with Gasteiger partial charge in [-0.2, -0.15) is 18.4 Å². The number of alkyl halides is 3. The van der Waals surface area contributed by atoms with Crippen LogP contribution in [0.2, 0.25) is 5.15 Å². The summed E-state index contributed by atoms with van der Waals surface area (Å²) in [5.41, 5.74) is -1.73. The molecule has 0 aliphatic heterocycles. The molecule has 0 saturated heterocycles. The van der Waals surface area contributed by atoms with Crippen molar-refractivity contribution in [1.29, 1.82) is 5.26 Å². The Morgan fingerprint density at radius 2 is 2.06 bits per heavy atom. The van der Waals surface area contributed by atoms with Crippen molar-refractivity contribution in [2.24, 2.45) is 0 Å². The number of nitrogens with one attached hydrogen (secondary N) is 1. The molecule has 1 aliphatic rings. The van der Waals surface area contributed by atoms with E-state index in [0.29, 0.717) is 0 Å². The van der Waals surface area contributed by atoms with Gasteiger partial charge in [0.1, 0.15) is 16.5 Å². The Balaban J connectivity index is 2.26. The fourth-order valence-corrected chi connectivity index (χ4v) is 1.68. The molecule has 17 heavy (non-hydrogen) atoms. The fraction of sp³-hybridized carbons (Fsp3) is 0.400. The zero-order valence-corrected chi connectivity index (χ0v) is 9.23. The van der Waals surface area contributed by atoms with Crippen LogP contribution in [-0.2, 0) is 0 Å². The lowest BCUT2D eigenvalue weighted by molar-refractivity contribution is -0.151. The maximum atomic E-state index is 12.7. The van der Waals surface area contributed by atoms with Crippen molar-refractivity contribution < 1.29 is 13.2 Å². The van der Waals surface area contributed by atoms with E-state index in [1.165, 1.54) is 12.1 Å².